The SMILES string of the molecule is CC(C)C1CC[C@@H](C)CC1OC(=O)[C@H]1C[C@@H]1C(=O)OC1C[C@H](C)CCC1C(C)C. The minimum atomic E-state index is -0.286. The number of hydrogen-bond donors (Lipinski definition) is 0. The van der Waals surface area contributed by atoms with Crippen molar-refractivity contribution in [1.82, 2.24) is 0 Å². The van der Waals surface area contributed by atoms with E-state index in [-0.39, 0.29) is 36.0 Å². The molecule has 0 heterocycles. The molecule has 4 unspecified atom stereocenters. The third-order valence-corrected chi connectivity index (χ3v) is 7.85. The van der Waals surface area contributed by atoms with E-state index in [1.165, 1.54) is 12.8 Å². The van der Waals surface area contributed by atoms with E-state index in [0.29, 0.717) is 41.9 Å². The van der Waals surface area contributed by atoms with E-state index >= 15 is 0 Å². The highest BCUT2D eigenvalue weighted by Crippen LogP contribution is 2.44. The van der Waals surface area contributed by atoms with Crippen LogP contribution in [0.1, 0.15) is 86.5 Å². The quantitative estimate of drug-likeness (QED) is 0.536. The van der Waals surface area contributed by atoms with Gasteiger partial charge in [0.05, 0.1) is 11.8 Å². The van der Waals surface area contributed by atoms with Crippen LogP contribution in [-0.4, -0.2) is 24.1 Å². The van der Waals surface area contributed by atoms with Crippen LogP contribution in [0.25, 0.3) is 0 Å². The van der Waals surface area contributed by atoms with Gasteiger partial charge in [-0.2, -0.15) is 0 Å². The summed E-state index contributed by atoms with van der Waals surface area (Å²) in [5, 5.41) is 0. The average molecular weight is 407 g/mol. The van der Waals surface area contributed by atoms with Crippen molar-refractivity contribution in [2.45, 2.75) is 98.7 Å². The first kappa shape index (κ1) is 22.6. The molecule has 3 aliphatic carbocycles. The third-order valence-electron chi connectivity index (χ3n) is 7.85. The fourth-order valence-electron chi connectivity index (χ4n) is 5.69. The van der Waals surface area contributed by atoms with E-state index in [1.807, 2.05) is 0 Å². The number of carbonyl (C=O) groups excluding carboxylic acids is 2. The summed E-state index contributed by atoms with van der Waals surface area (Å²) in [5.74, 6) is 2.20. The van der Waals surface area contributed by atoms with Crippen LogP contribution < -0.4 is 0 Å². The molecule has 0 radical (unpaired) electrons. The number of rotatable bonds is 6. The first-order chi connectivity index (χ1) is 13.7. The zero-order valence-corrected chi connectivity index (χ0v) is 19.4. The fourth-order valence-corrected chi connectivity index (χ4v) is 5.69. The minimum Gasteiger partial charge on any atom is -0.462 e. The van der Waals surface area contributed by atoms with E-state index < -0.39 is 0 Å². The Morgan fingerprint density at radius 3 is 1.38 bits per heavy atom. The molecular weight excluding hydrogens is 364 g/mol. The second kappa shape index (κ2) is 9.39. The van der Waals surface area contributed by atoms with Gasteiger partial charge in [-0.05, 0) is 67.6 Å². The van der Waals surface area contributed by atoms with Crippen LogP contribution >= 0.6 is 0 Å². The van der Waals surface area contributed by atoms with Crippen molar-refractivity contribution >= 4 is 11.9 Å². The Morgan fingerprint density at radius 2 is 1.03 bits per heavy atom. The largest absolute Gasteiger partial charge is 0.462 e. The highest BCUT2D eigenvalue weighted by Gasteiger charge is 2.52. The Balaban J connectivity index is 1.52. The van der Waals surface area contributed by atoms with Gasteiger partial charge >= 0.3 is 11.9 Å². The van der Waals surface area contributed by atoms with Gasteiger partial charge in [0, 0.05) is 0 Å². The molecule has 0 bridgehead atoms. The summed E-state index contributed by atoms with van der Waals surface area (Å²) in [6.45, 7) is 13.4. The standard InChI is InChI=1S/C25H42O4/c1-14(2)18-9-7-16(5)11-22(18)28-24(26)20-13-21(20)25(27)29-23-12-17(6)8-10-19(23)15(3)4/h14-23H,7-13H2,1-6H3/t16-,17-,18?,19?,20+,21+,22?,23?/m1/s1. The summed E-state index contributed by atoms with van der Waals surface area (Å²) in [4.78, 5) is 25.5. The second-order valence-corrected chi connectivity index (χ2v) is 11.1. The first-order valence-electron chi connectivity index (χ1n) is 12.1. The van der Waals surface area contributed by atoms with Gasteiger partial charge in [-0.1, -0.05) is 54.4 Å². The summed E-state index contributed by atoms with van der Waals surface area (Å²) in [6.07, 6.45) is 7.20. The first-order valence-corrected chi connectivity index (χ1v) is 12.1. The van der Waals surface area contributed by atoms with E-state index in [4.69, 9.17) is 9.47 Å². The third kappa shape index (κ3) is 5.55. The van der Waals surface area contributed by atoms with Gasteiger partial charge in [0.25, 0.3) is 0 Å². The molecule has 0 saturated heterocycles. The summed E-state index contributed by atoms with van der Waals surface area (Å²) >= 11 is 0. The molecule has 8 atom stereocenters. The van der Waals surface area contributed by atoms with Gasteiger partial charge in [-0.25, -0.2) is 0 Å². The van der Waals surface area contributed by atoms with Crippen molar-refractivity contribution in [1.29, 1.82) is 0 Å². The molecule has 3 aliphatic rings. The van der Waals surface area contributed by atoms with Gasteiger partial charge in [-0.3, -0.25) is 9.59 Å². The van der Waals surface area contributed by atoms with Crippen LogP contribution in [0.3, 0.4) is 0 Å². The maximum absolute atomic E-state index is 12.8. The normalized spacial score (nSPS) is 40.0. The van der Waals surface area contributed by atoms with Crippen molar-refractivity contribution in [3.8, 4) is 0 Å². The summed E-state index contributed by atoms with van der Waals surface area (Å²) in [6, 6.07) is 0. The predicted molar refractivity (Wildman–Crippen MR) is 114 cm³/mol. The Hall–Kier alpha value is -1.06. The molecule has 0 aliphatic heterocycles. The molecular formula is C25H42O4. The monoisotopic (exact) mass is 406 g/mol. The maximum atomic E-state index is 12.8. The highest BCUT2D eigenvalue weighted by molar-refractivity contribution is 5.87. The van der Waals surface area contributed by atoms with Gasteiger partial charge in [0.1, 0.15) is 12.2 Å². The Kier molecular flexibility index (Phi) is 7.32. The summed E-state index contributed by atoms with van der Waals surface area (Å²) in [7, 11) is 0. The van der Waals surface area contributed by atoms with Gasteiger partial charge in [0.2, 0.25) is 0 Å². The lowest BCUT2D eigenvalue weighted by Crippen LogP contribution is -2.37. The zero-order chi connectivity index (χ0) is 21.3. The van der Waals surface area contributed by atoms with Gasteiger partial charge in [0.15, 0.2) is 0 Å². The Labute approximate surface area is 177 Å². The van der Waals surface area contributed by atoms with Gasteiger partial charge in [-0.15, -0.1) is 0 Å². The van der Waals surface area contributed by atoms with Crippen LogP contribution in [-0.2, 0) is 19.1 Å². The van der Waals surface area contributed by atoms with Crippen molar-refractivity contribution in [3.05, 3.63) is 0 Å². The predicted octanol–water partition coefficient (Wildman–Crippen LogP) is 5.63. The lowest BCUT2D eigenvalue weighted by atomic mass is 9.75. The van der Waals surface area contributed by atoms with E-state index in [1.54, 1.807) is 0 Å². The average Bonchev–Trinajstić information content (AvgIpc) is 3.42. The molecule has 0 aromatic carbocycles. The zero-order valence-electron chi connectivity index (χ0n) is 19.4. The topological polar surface area (TPSA) is 52.6 Å². The van der Waals surface area contributed by atoms with Crippen LogP contribution in [0, 0.1) is 47.3 Å². The Bertz CT molecular complexity index is 533. The van der Waals surface area contributed by atoms with E-state index in [0.717, 1.165) is 25.7 Å². The number of hydrogen-bond acceptors (Lipinski definition) is 4. The molecule has 166 valence electrons. The smallest absolute Gasteiger partial charge is 0.310 e. The van der Waals surface area contributed by atoms with Crippen LogP contribution in [0.4, 0.5) is 0 Å². The van der Waals surface area contributed by atoms with Crippen LogP contribution in [0.2, 0.25) is 0 Å². The van der Waals surface area contributed by atoms with Crippen molar-refractivity contribution in [3.63, 3.8) is 0 Å². The van der Waals surface area contributed by atoms with Crippen molar-refractivity contribution in [2.75, 3.05) is 0 Å². The van der Waals surface area contributed by atoms with Crippen molar-refractivity contribution in [2.24, 2.45) is 47.3 Å². The lowest BCUT2D eigenvalue weighted by Gasteiger charge is -2.37. The van der Waals surface area contributed by atoms with Crippen LogP contribution in [0.5, 0.6) is 0 Å². The molecule has 0 N–H and O–H groups in total. The molecule has 29 heavy (non-hydrogen) atoms. The number of ether oxygens (including phenoxy) is 2. The van der Waals surface area contributed by atoms with E-state index in [9.17, 15) is 9.59 Å². The molecule has 0 aromatic rings. The number of carbonyl (C=O) groups is 2. The molecule has 3 rings (SSSR count). The summed E-state index contributed by atoms with van der Waals surface area (Å²) < 4.78 is 11.9. The molecule has 0 amide bonds. The minimum absolute atomic E-state index is 0.00744. The molecule has 0 aromatic heterocycles. The summed E-state index contributed by atoms with van der Waals surface area (Å²) in [5.41, 5.74) is 0. The molecule has 4 nitrogen and oxygen atoms in total. The van der Waals surface area contributed by atoms with Gasteiger partial charge < -0.3 is 9.47 Å². The highest BCUT2D eigenvalue weighted by atomic mass is 16.6. The van der Waals surface area contributed by atoms with Crippen LogP contribution in [0.15, 0.2) is 0 Å². The fraction of sp³-hybridized carbons (Fsp3) is 0.920. The second-order valence-electron chi connectivity index (χ2n) is 11.1. The van der Waals surface area contributed by atoms with E-state index in [2.05, 4.69) is 41.5 Å². The maximum Gasteiger partial charge on any atom is 0.310 e. The Morgan fingerprint density at radius 1 is 0.655 bits per heavy atom. The molecule has 4 heteroatoms. The lowest BCUT2D eigenvalue weighted by molar-refractivity contribution is -0.164. The number of esters is 2. The molecule has 3 saturated carbocycles. The molecule has 3 fully saturated rings. The van der Waals surface area contributed by atoms with Crippen molar-refractivity contribution < 1.29 is 19.1 Å². The molecule has 0 spiro atoms.